The summed E-state index contributed by atoms with van der Waals surface area (Å²) in [5.41, 5.74) is 0. The molecule has 71 valence electrons. The second kappa shape index (κ2) is 7.16. The van der Waals surface area contributed by atoms with Gasteiger partial charge in [0.25, 0.3) is 0 Å². The molecule has 1 amide bonds. The van der Waals surface area contributed by atoms with Crippen molar-refractivity contribution in [3.8, 4) is 0 Å². The number of carbonyl (C=O) groups is 1. The summed E-state index contributed by atoms with van der Waals surface area (Å²) < 4.78 is 5.51. The van der Waals surface area contributed by atoms with Crippen LogP contribution < -0.4 is 0 Å². The molecule has 0 aromatic rings. The maximum absolute atomic E-state index is 10.6. The largest absolute Gasteiger partial charge is 0.448 e. The molecule has 0 fully saturated rings. The van der Waals surface area contributed by atoms with Gasteiger partial charge in [0, 0.05) is 17.1 Å². The fraction of sp³-hybridized carbons (Fsp3) is 0.800. The van der Waals surface area contributed by atoms with Gasteiger partial charge in [0.05, 0.1) is 6.61 Å². The Bertz CT molecular complexity index is 121. The standard InChI is InChI=1S/C5H11NO2S2.Cu/c1-4(2)3-8-5(7)6(9)10;/h4,9-10H,3H2,1-2H3;. The van der Waals surface area contributed by atoms with Gasteiger partial charge < -0.3 is 4.74 Å². The van der Waals surface area contributed by atoms with Crippen molar-refractivity contribution in [1.82, 2.24) is 3.71 Å². The molecule has 0 aliphatic carbocycles. The molecule has 0 aromatic heterocycles. The molecule has 1 radical (unpaired) electrons. The van der Waals surface area contributed by atoms with E-state index in [9.17, 15) is 4.79 Å². The summed E-state index contributed by atoms with van der Waals surface area (Å²) >= 11 is 7.24. The molecule has 0 saturated carbocycles. The first-order chi connectivity index (χ1) is 4.54. The molecule has 0 unspecified atom stereocenters. The fourth-order valence-electron chi connectivity index (χ4n) is 0.296. The van der Waals surface area contributed by atoms with E-state index in [0.29, 0.717) is 12.5 Å². The van der Waals surface area contributed by atoms with Crippen LogP contribution in [0.4, 0.5) is 4.79 Å². The van der Waals surface area contributed by atoms with Crippen LogP contribution in [0.15, 0.2) is 0 Å². The number of carbonyl (C=O) groups excluding carboxylic acids is 1. The van der Waals surface area contributed by atoms with Gasteiger partial charge in [-0.2, -0.15) is 3.71 Å². The minimum Gasteiger partial charge on any atom is -0.448 e. The zero-order valence-corrected chi connectivity index (χ0v) is 8.97. The van der Waals surface area contributed by atoms with Gasteiger partial charge in [-0.15, -0.1) is 0 Å². The Morgan fingerprint density at radius 3 is 2.27 bits per heavy atom. The van der Waals surface area contributed by atoms with Crippen molar-refractivity contribution < 1.29 is 26.6 Å². The van der Waals surface area contributed by atoms with Crippen molar-refractivity contribution in [2.75, 3.05) is 6.61 Å². The van der Waals surface area contributed by atoms with Crippen LogP contribution in [-0.2, 0) is 21.8 Å². The van der Waals surface area contributed by atoms with E-state index in [1.807, 2.05) is 13.8 Å². The Morgan fingerprint density at radius 1 is 1.55 bits per heavy atom. The molecule has 0 aliphatic heterocycles. The van der Waals surface area contributed by atoms with Crippen LogP contribution in [0, 0.1) is 5.92 Å². The minimum absolute atomic E-state index is 0. The Hall–Kier alpha value is 0.489. The summed E-state index contributed by atoms with van der Waals surface area (Å²) in [4.78, 5) is 10.6. The van der Waals surface area contributed by atoms with Crippen molar-refractivity contribution in [1.29, 1.82) is 0 Å². The average Bonchev–Trinajstić information content (AvgIpc) is 1.82. The normalized spacial score (nSPS) is 8.82. The van der Waals surface area contributed by atoms with Crippen molar-refractivity contribution in [3.05, 3.63) is 0 Å². The predicted molar refractivity (Wildman–Crippen MR) is 46.0 cm³/mol. The summed E-state index contributed by atoms with van der Waals surface area (Å²) in [6.45, 7) is 4.31. The monoisotopic (exact) mass is 244 g/mol. The van der Waals surface area contributed by atoms with Crippen LogP contribution in [-0.4, -0.2) is 16.4 Å². The van der Waals surface area contributed by atoms with Crippen molar-refractivity contribution in [2.45, 2.75) is 13.8 Å². The first kappa shape index (κ1) is 14.0. The third kappa shape index (κ3) is 8.40. The van der Waals surface area contributed by atoms with E-state index in [1.165, 1.54) is 0 Å². The summed E-state index contributed by atoms with van der Waals surface area (Å²) in [6.07, 6.45) is -0.541. The third-order valence-corrected chi connectivity index (χ3v) is 1.03. The van der Waals surface area contributed by atoms with Gasteiger partial charge in [-0.25, -0.2) is 4.79 Å². The zero-order chi connectivity index (χ0) is 8.15. The molecule has 0 N–H and O–H groups in total. The predicted octanol–water partition coefficient (Wildman–Crippen LogP) is 1.77. The van der Waals surface area contributed by atoms with E-state index in [4.69, 9.17) is 4.74 Å². The smallest absolute Gasteiger partial charge is 0.429 e. The summed E-state index contributed by atoms with van der Waals surface area (Å²) in [5.74, 6) is 0.338. The maximum atomic E-state index is 10.6. The van der Waals surface area contributed by atoms with Crippen LogP contribution in [0.25, 0.3) is 0 Å². The van der Waals surface area contributed by atoms with Gasteiger partial charge in [-0.1, -0.05) is 13.8 Å². The van der Waals surface area contributed by atoms with Gasteiger partial charge in [0.2, 0.25) is 0 Å². The van der Waals surface area contributed by atoms with Gasteiger partial charge in [-0.05, 0) is 31.5 Å². The van der Waals surface area contributed by atoms with E-state index in [0.717, 1.165) is 3.71 Å². The fourth-order valence-corrected chi connectivity index (χ4v) is 0.411. The van der Waals surface area contributed by atoms with Gasteiger partial charge in [0.15, 0.2) is 0 Å². The van der Waals surface area contributed by atoms with Crippen LogP contribution >= 0.6 is 25.6 Å². The first-order valence-corrected chi connectivity index (χ1v) is 3.68. The minimum atomic E-state index is -0.541. The number of nitrogens with zero attached hydrogens (tertiary/aromatic N) is 1. The van der Waals surface area contributed by atoms with E-state index in [1.54, 1.807) is 0 Å². The topological polar surface area (TPSA) is 29.5 Å². The molecule has 0 atom stereocenters. The van der Waals surface area contributed by atoms with E-state index >= 15 is 0 Å². The number of hydrogen-bond acceptors (Lipinski definition) is 4. The third-order valence-electron chi connectivity index (χ3n) is 0.703. The molecule has 11 heavy (non-hydrogen) atoms. The molecule has 0 bridgehead atoms. The Morgan fingerprint density at radius 2 is 2.00 bits per heavy atom. The van der Waals surface area contributed by atoms with Crippen LogP contribution in [0.3, 0.4) is 0 Å². The SMILES string of the molecule is CC(C)COC(=O)N(S)S.[Cu]. The molecule has 3 nitrogen and oxygen atoms in total. The van der Waals surface area contributed by atoms with Crippen LogP contribution in [0.2, 0.25) is 0 Å². The molecular weight excluding hydrogens is 234 g/mol. The number of rotatable bonds is 2. The second-order valence-corrected chi connectivity index (χ2v) is 3.38. The summed E-state index contributed by atoms with van der Waals surface area (Å²) in [5, 5.41) is 0. The van der Waals surface area contributed by atoms with Gasteiger partial charge in [-0.3, -0.25) is 0 Å². The maximum Gasteiger partial charge on any atom is 0.429 e. The van der Waals surface area contributed by atoms with E-state index < -0.39 is 6.09 Å². The molecule has 0 heterocycles. The quantitative estimate of drug-likeness (QED) is 0.573. The molecule has 0 saturated heterocycles. The molecule has 0 spiro atoms. The van der Waals surface area contributed by atoms with Crippen molar-refractivity contribution in [3.63, 3.8) is 0 Å². The summed E-state index contributed by atoms with van der Waals surface area (Å²) in [6, 6.07) is 0. The molecule has 6 heteroatoms. The number of hydrogen-bond donors (Lipinski definition) is 2. The van der Waals surface area contributed by atoms with Gasteiger partial charge in [0.1, 0.15) is 0 Å². The number of amides is 1. The number of ether oxygens (including phenoxy) is 1. The number of thiol groups is 2. The van der Waals surface area contributed by atoms with Crippen molar-refractivity contribution in [2.24, 2.45) is 5.92 Å². The second-order valence-electron chi connectivity index (χ2n) is 2.26. The molecular formula is C5H11CuNO2S2. The zero-order valence-electron chi connectivity index (χ0n) is 6.24. The first-order valence-electron chi connectivity index (χ1n) is 2.88. The Balaban J connectivity index is 0. The van der Waals surface area contributed by atoms with E-state index in [-0.39, 0.29) is 17.1 Å². The Labute approximate surface area is 88.4 Å². The molecule has 0 aromatic carbocycles. The summed E-state index contributed by atoms with van der Waals surface area (Å²) in [7, 11) is 0. The van der Waals surface area contributed by atoms with Crippen molar-refractivity contribution >= 4 is 31.7 Å². The molecule has 0 rings (SSSR count). The van der Waals surface area contributed by atoms with E-state index in [2.05, 4.69) is 25.6 Å². The van der Waals surface area contributed by atoms with Crippen LogP contribution in [0.1, 0.15) is 13.8 Å². The van der Waals surface area contributed by atoms with Gasteiger partial charge >= 0.3 is 6.09 Å². The van der Waals surface area contributed by atoms with Crippen LogP contribution in [0.5, 0.6) is 0 Å². The molecule has 0 aliphatic rings. The average molecular weight is 245 g/mol. The Kier molecular flexibility index (Phi) is 9.13.